The maximum atomic E-state index is 12.2. The summed E-state index contributed by atoms with van der Waals surface area (Å²) in [5.41, 5.74) is 6.46. The molecule has 0 spiro atoms. The molecular weight excluding hydrogens is 238 g/mol. The minimum atomic E-state index is 0.0160. The molecule has 94 valence electrons. The molecule has 0 aliphatic carbocycles. The third-order valence-electron chi connectivity index (χ3n) is 3.37. The van der Waals surface area contributed by atoms with Crippen LogP contribution in [-0.4, -0.2) is 34.9 Å². The zero-order valence-corrected chi connectivity index (χ0v) is 10.7. The van der Waals surface area contributed by atoms with Gasteiger partial charge in [0.1, 0.15) is 5.69 Å². The minimum absolute atomic E-state index is 0.0160. The van der Waals surface area contributed by atoms with Crippen molar-refractivity contribution >= 4 is 17.5 Å². The van der Waals surface area contributed by atoms with Crippen LogP contribution in [0.2, 0.25) is 5.02 Å². The summed E-state index contributed by atoms with van der Waals surface area (Å²) in [6.45, 7) is 3.55. The average Bonchev–Trinajstić information content (AvgIpc) is 2.75. The number of carbonyl (C=O) groups is 1. The average molecular weight is 256 g/mol. The lowest BCUT2D eigenvalue weighted by Gasteiger charge is -2.34. The molecule has 0 bridgehead atoms. The quantitative estimate of drug-likeness (QED) is 0.848. The number of piperidine rings is 1. The Labute approximate surface area is 106 Å². The van der Waals surface area contributed by atoms with Gasteiger partial charge in [-0.15, -0.1) is 0 Å². The van der Waals surface area contributed by atoms with Crippen molar-refractivity contribution in [2.45, 2.75) is 25.8 Å². The fourth-order valence-corrected chi connectivity index (χ4v) is 2.45. The summed E-state index contributed by atoms with van der Waals surface area (Å²) < 4.78 is 0. The number of nitrogens with two attached hydrogens (primary N) is 1. The summed E-state index contributed by atoms with van der Waals surface area (Å²) in [6.07, 6.45) is 3.75. The Bertz CT molecular complexity index is 402. The van der Waals surface area contributed by atoms with Gasteiger partial charge in [-0.1, -0.05) is 11.6 Å². The lowest BCUT2D eigenvalue weighted by atomic mass is 9.92. The topological polar surface area (TPSA) is 62.1 Å². The van der Waals surface area contributed by atoms with Gasteiger partial charge in [0, 0.05) is 25.3 Å². The molecule has 4 nitrogen and oxygen atoms in total. The first kappa shape index (κ1) is 12.5. The van der Waals surface area contributed by atoms with Crippen molar-refractivity contribution in [2.75, 3.05) is 13.1 Å². The predicted octanol–water partition coefficient (Wildman–Crippen LogP) is 1.87. The number of rotatable bonds is 2. The molecule has 1 aliphatic rings. The van der Waals surface area contributed by atoms with Crippen LogP contribution in [0, 0.1) is 5.92 Å². The number of H-pyrrole nitrogens is 1. The van der Waals surface area contributed by atoms with Gasteiger partial charge < -0.3 is 15.6 Å². The second kappa shape index (κ2) is 5.10. The second-order valence-corrected chi connectivity index (χ2v) is 5.18. The molecule has 0 aromatic carbocycles. The number of hydrogen-bond acceptors (Lipinski definition) is 2. The summed E-state index contributed by atoms with van der Waals surface area (Å²) in [6, 6.07) is 1.80. The van der Waals surface area contributed by atoms with Crippen LogP contribution in [0.5, 0.6) is 0 Å². The van der Waals surface area contributed by atoms with Crippen LogP contribution >= 0.6 is 11.6 Å². The van der Waals surface area contributed by atoms with Crippen LogP contribution in [0.15, 0.2) is 12.3 Å². The molecule has 1 aliphatic heterocycles. The number of halogens is 1. The fraction of sp³-hybridized carbons (Fsp3) is 0.583. The Morgan fingerprint density at radius 3 is 3.06 bits per heavy atom. The Balaban J connectivity index is 2.04. The molecule has 0 saturated carbocycles. The van der Waals surface area contributed by atoms with E-state index in [9.17, 15) is 4.79 Å². The van der Waals surface area contributed by atoms with Crippen LogP contribution in [0.3, 0.4) is 0 Å². The highest BCUT2D eigenvalue weighted by molar-refractivity contribution is 6.30. The molecule has 1 saturated heterocycles. The van der Waals surface area contributed by atoms with Crippen LogP contribution in [-0.2, 0) is 0 Å². The molecule has 1 aromatic heterocycles. The van der Waals surface area contributed by atoms with E-state index in [0.29, 0.717) is 16.6 Å². The minimum Gasteiger partial charge on any atom is -0.356 e. The zero-order valence-electron chi connectivity index (χ0n) is 9.95. The summed E-state index contributed by atoms with van der Waals surface area (Å²) in [5.74, 6) is 0.417. The Morgan fingerprint density at radius 2 is 2.47 bits per heavy atom. The third-order valence-corrected chi connectivity index (χ3v) is 3.59. The van der Waals surface area contributed by atoms with Crippen molar-refractivity contribution in [3.8, 4) is 0 Å². The number of aromatic amines is 1. The van der Waals surface area contributed by atoms with Gasteiger partial charge in [0.05, 0.1) is 5.02 Å². The van der Waals surface area contributed by atoms with E-state index in [-0.39, 0.29) is 11.9 Å². The van der Waals surface area contributed by atoms with Gasteiger partial charge in [0.15, 0.2) is 0 Å². The number of amides is 1. The number of nitrogens with one attached hydrogen (secondary N) is 1. The normalized spacial score (nSPS) is 22.5. The van der Waals surface area contributed by atoms with Crippen molar-refractivity contribution in [3.63, 3.8) is 0 Å². The molecule has 3 N–H and O–H groups in total. The van der Waals surface area contributed by atoms with Gasteiger partial charge in [-0.2, -0.15) is 0 Å². The predicted molar refractivity (Wildman–Crippen MR) is 68.1 cm³/mol. The molecule has 5 heteroatoms. The van der Waals surface area contributed by atoms with Crippen molar-refractivity contribution in [1.29, 1.82) is 0 Å². The highest BCUT2D eigenvalue weighted by Gasteiger charge is 2.26. The number of carbonyl (C=O) groups excluding carboxylic acids is 1. The highest BCUT2D eigenvalue weighted by Crippen LogP contribution is 2.21. The van der Waals surface area contributed by atoms with Crippen LogP contribution in [0.4, 0.5) is 0 Å². The fourth-order valence-electron chi connectivity index (χ4n) is 2.29. The summed E-state index contributed by atoms with van der Waals surface area (Å²) in [5, 5.41) is 0.564. The van der Waals surface area contributed by atoms with Gasteiger partial charge in [-0.3, -0.25) is 4.79 Å². The van der Waals surface area contributed by atoms with E-state index in [2.05, 4.69) is 4.98 Å². The van der Waals surface area contributed by atoms with Crippen LogP contribution in [0.25, 0.3) is 0 Å². The standard InChI is InChI=1S/C12H18ClN3O/c1-8(14)9-3-2-4-16(7-9)12(17)11-5-10(13)6-15-11/h5-6,8-9,15H,2-4,7,14H2,1H3/t8-,9+/m0/s1. The monoisotopic (exact) mass is 255 g/mol. The molecule has 1 fully saturated rings. The maximum absolute atomic E-state index is 12.2. The first-order chi connectivity index (χ1) is 8.08. The van der Waals surface area contributed by atoms with Crippen molar-refractivity contribution < 1.29 is 4.79 Å². The van der Waals surface area contributed by atoms with E-state index < -0.39 is 0 Å². The van der Waals surface area contributed by atoms with E-state index in [1.165, 1.54) is 0 Å². The van der Waals surface area contributed by atoms with Crippen LogP contribution in [0.1, 0.15) is 30.3 Å². The Hall–Kier alpha value is -1.00. The molecule has 0 radical (unpaired) electrons. The van der Waals surface area contributed by atoms with E-state index in [1.54, 1.807) is 12.3 Å². The van der Waals surface area contributed by atoms with E-state index >= 15 is 0 Å². The van der Waals surface area contributed by atoms with Crippen LogP contribution < -0.4 is 5.73 Å². The SMILES string of the molecule is C[C@H](N)[C@@H]1CCCN(C(=O)c2cc(Cl)c[nH]2)C1. The smallest absolute Gasteiger partial charge is 0.270 e. The number of aromatic nitrogens is 1. The largest absolute Gasteiger partial charge is 0.356 e. The first-order valence-electron chi connectivity index (χ1n) is 5.96. The van der Waals surface area contributed by atoms with Gasteiger partial charge in [-0.25, -0.2) is 0 Å². The summed E-state index contributed by atoms with van der Waals surface area (Å²) >= 11 is 5.80. The molecule has 1 amide bonds. The molecule has 2 atom stereocenters. The van der Waals surface area contributed by atoms with Gasteiger partial charge in [0.25, 0.3) is 5.91 Å². The third kappa shape index (κ3) is 2.82. The lowest BCUT2D eigenvalue weighted by molar-refractivity contribution is 0.0655. The molecular formula is C12H18ClN3O. The zero-order chi connectivity index (χ0) is 12.4. The molecule has 1 aromatic rings. The van der Waals surface area contributed by atoms with Crippen molar-refractivity contribution in [3.05, 3.63) is 23.0 Å². The van der Waals surface area contributed by atoms with E-state index in [0.717, 1.165) is 25.9 Å². The number of likely N-dealkylation sites (tertiary alicyclic amines) is 1. The maximum Gasteiger partial charge on any atom is 0.270 e. The summed E-state index contributed by atoms with van der Waals surface area (Å²) in [7, 11) is 0. The van der Waals surface area contributed by atoms with Gasteiger partial charge >= 0.3 is 0 Å². The highest BCUT2D eigenvalue weighted by atomic mass is 35.5. The molecule has 0 unspecified atom stereocenters. The molecule has 2 rings (SSSR count). The summed E-state index contributed by atoms with van der Waals surface area (Å²) in [4.78, 5) is 16.9. The second-order valence-electron chi connectivity index (χ2n) is 4.74. The number of hydrogen-bond donors (Lipinski definition) is 2. The Morgan fingerprint density at radius 1 is 1.71 bits per heavy atom. The molecule has 2 heterocycles. The van der Waals surface area contributed by atoms with E-state index in [1.807, 2.05) is 11.8 Å². The first-order valence-corrected chi connectivity index (χ1v) is 6.34. The Kier molecular flexibility index (Phi) is 3.74. The van der Waals surface area contributed by atoms with E-state index in [4.69, 9.17) is 17.3 Å². The number of nitrogens with zero attached hydrogens (tertiary/aromatic N) is 1. The van der Waals surface area contributed by atoms with Gasteiger partial charge in [0.2, 0.25) is 0 Å². The van der Waals surface area contributed by atoms with Gasteiger partial charge in [-0.05, 0) is 31.7 Å². The molecule has 17 heavy (non-hydrogen) atoms. The lowest BCUT2D eigenvalue weighted by Crippen LogP contribution is -2.45. The van der Waals surface area contributed by atoms with Crippen molar-refractivity contribution in [2.24, 2.45) is 11.7 Å². The van der Waals surface area contributed by atoms with Crippen molar-refractivity contribution in [1.82, 2.24) is 9.88 Å².